The van der Waals surface area contributed by atoms with E-state index in [1.54, 1.807) is 7.05 Å². The van der Waals surface area contributed by atoms with Crippen LogP contribution in [0, 0.1) is 5.92 Å². The monoisotopic (exact) mass is 169 g/mol. The van der Waals surface area contributed by atoms with Crippen LogP contribution in [0.4, 0.5) is 0 Å². The summed E-state index contributed by atoms with van der Waals surface area (Å²) in [5.74, 6) is 0.651. The van der Waals surface area contributed by atoms with Gasteiger partial charge in [0.05, 0.1) is 0 Å². The van der Waals surface area contributed by atoms with Gasteiger partial charge in [-0.05, 0) is 26.2 Å². The van der Waals surface area contributed by atoms with Crippen molar-refractivity contribution in [2.45, 2.75) is 33.6 Å². The van der Waals surface area contributed by atoms with Crippen molar-refractivity contribution in [1.82, 2.24) is 5.32 Å². The first-order valence-corrected chi connectivity index (χ1v) is 4.45. The Kier molecular flexibility index (Phi) is 5.43. The van der Waals surface area contributed by atoms with E-state index in [1.165, 1.54) is 5.57 Å². The molecule has 1 N–H and O–H groups in total. The molecule has 1 atom stereocenters. The van der Waals surface area contributed by atoms with E-state index in [2.05, 4.69) is 25.2 Å². The zero-order chi connectivity index (χ0) is 9.56. The van der Waals surface area contributed by atoms with Gasteiger partial charge in [-0.25, -0.2) is 0 Å². The average Bonchev–Trinajstić information content (AvgIpc) is 2.11. The van der Waals surface area contributed by atoms with Crippen LogP contribution in [0.5, 0.6) is 0 Å². The van der Waals surface area contributed by atoms with Crippen LogP contribution in [-0.4, -0.2) is 13.0 Å². The smallest absolute Gasteiger partial charge is 0.219 e. The standard InChI is InChI=1S/C10H19NO/c1-5-8(2)9(3)6-7-10(12)11-4/h5,9H,6-7H2,1-4H3,(H,11,12)/b8-5+. The van der Waals surface area contributed by atoms with E-state index in [9.17, 15) is 4.79 Å². The molecule has 0 bridgehead atoms. The van der Waals surface area contributed by atoms with E-state index in [0.29, 0.717) is 12.3 Å². The fraction of sp³-hybridized carbons (Fsp3) is 0.700. The van der Waals surface area contributed by atoms with Crippen LogP contribution in [0.1, 0.15) is 33.6 Å². The van der Waals surface area contributed by atoms with E-state index in [4.69, 9.17) is 0 Å². The Morgan fingerprint density at radius 1 is 1.58 bits per heavy atom. The molecule has 0 spiro atoms. The molecular formula is C10H19NO. The van der Waals surface area contributed by atoms with E-state index in [0.717, 1.165) is 6.42 Å². The van der Waals surface area contributed by atoms with Gasteiger partial charge in [-0.1, -0.05) is 18.6 Å². The van der Waals surface area contributed by atoms with Crippen molar-refractivity contribution in [2.75, 3.05) is 7.05 Å². The lowest BCUT2D eigenvalue weighted by Crippen LogP contribution is -2.18. The minimum atomic E-state index is 0.130. The third-order valence-corrected chi connectivity index (χ3v) is 2.32. The van der Waals surface area contributed by atoms with Gasteiger partial charge in [0.2, 0.25) is 5.91 Å². The minimum absolute atomic E-state index is 0.130. The van der Waals surface area contributed by atoms with E-state index < -0.39 is 0 Å². The topological polar surface area (TPSA) is 29.1 Å². The second kappa shape index (κ2) is 5.81. The fourth-order valence-electron chi connectivity index (χ4n) is 0.985. The van der Waals surface area contributed by atoms with Gasteiger partial charge in [0.1, 0.15) is 0 Å². The highest BCUT2D eigenvalue weighted by Gasteiger charge is 2.05. The van der Waals surface area contributed by atoms with Gasteiger partial charge >= 0.3 is 0 Å². The van der Waals surface area contributed by atoms with E-state index in [-0.39, 0.29) is 5.91 Å². The molecule has 0 aromatic carbocycles. The molecule has 0 rings (SSSR count). The molecule has 1 amide bonds. The first kappa shape index (κ1) is 11.2. The Morgan fingerprint density at radius 3 is 2.58 bits per heavy atom. The van der Waals surface area contributed by atoms with E-state index in [1.807, 2.05) is 6.92 Å². The normalized spacial score (nSPS) is 14.2. The summed E-state index contributed by atoms with van der Waals surface area (Å²) in [5.41, 5.74) is 1.36. The number of rotatable bonds is 4. The van der Waals surface area contributed by atoms with Gasteiger partial charge in [-0.15, -0.1) is 0 Å². The molecule has 0 fully saturated rings. The molecule has 0 aliphatic heterocycles. The summed E-state index contributed by atoms with van der Waals surface area (Å²) in [6.07, 6.45) is 3.67. The maximum Gasteiger partial charge on any atom is 0.219 e. The Labute approximate surface area is 75.0 Å². The summed E-state index contributed by atoms with van der Waals surface area (Å²) in [7, 11) is 1.68. The summed E-state index contributed by atoms with van der Waals surface area (Å²) in [5, 5.41) is 2.62. The highest BCUT2D eigenvalue weighted by Crippen LogP contribution is 2.15. The maximum atomic E-state index is 10.9. The molecule has 0 heterocycles. The van der Waals surface area contributed by atoms with Gasteiger partial charge in [0.25, 0.3) is 0 Å². The molecule has 70 valence electrons. The largest absolute Gasteiger partial charge is 0.359 e. The molecule has 2 heteroatoms. The van der Waals surface area contributed by atoms with Gasteiger partial charge in [-0.3, -0.25) is 4.79 Å². The third-order valence-electron chi connectivity index (χ3n) is 2.32. The molecule has 0 radical (unpaired) electrons. The SMILES string of the molecule is C/C=C(\C)C(C)CCC(=O)NC. The molecule has 0 aromatic rings. The second-order valence-corrected chi connectivity index (χ2v) is 3.15. The van der Waals surface area contributed by atoms with Crippen molar-refractivity contribution in [3.05, 3.63) is 11.6 Å². The quantitative estimate of drug-likeness (QED) is 0.642. The van der Waals surface area contributed by atoms with E-state index >= 15 is 0 Å². The van der Waals surface area contributed by atoms with Crippen LogP contribution in [0.15, 0.2) is 11.6 Å². The molecule has 12 heavy (non-hydrogen) atoms. The Balaban J connectivity index is 3.71. The molecule has 0 saturated carbocycles. The van der Waals surface area contributed by atoms with Crippen LogP contribution in [0.3, 0.4) is 0 Å². The fourth-order valence-corrected chi connectivity index (χ4v) is 0.985. The van der Waals surface area contributed by atoms with Crippen LogP contribution in [0.2, 0.25) is 0 Å². The van der Waals surface area contributed by atoms with Crippen molar-refractivity contribution in [2.24, 2.45) is 5.92 Å². The van der Waals surface area contributed by atoms with Crippen LogP contribution < -0.4 is 5.32 Å². The van der Waals surface area contributed by atoms with Gasteiger partial charge in [-0.2, -0.15) is 0 Å². The third kappa shape index (κ3) is 4.16. The van der Waals surface area contributed by atoms with Crippen molar-refractivity contribution in [3.8, 4) is 0 Å². The lowest BCUT2D eigenvalue weighted by Gasteiger charge is -2.10. The summed E-state index contributed by atoms with van der Waals surface area (Å²) < 4.78 is 0. The zero-order valence-corrected chi connectivity index (χ0v) is 8.48. The van der Waals surface area contributed by atoms with Gasteiger partial charge in [0.15, 0.2) is 0 Å². The molecule has 2 nitrogen and oxygen atoms in total. The summed E-state index contributed by atoms with van der Waals surface area (Å²) >= 11 is 0. The molecule has 0 aromatic heterocycles. The Bertz CT molecular complexity index is 173. The van der Waals surface area contributed by atoms with Crippen LogP contribution in [0.25, 0.3) is 0 Å². The van der Waals surface area contributed by atoms with Crippen molar-refractivity contribution in [1.29, 1.82) is 0 Å². The van der Waals surface area contributed by atoms with Crippen molar-refractivity contribution >= 4 is 5.91 Å². The second-order valence-electron chi connectivity index (χ2n) is 3.15. The summed E-state index contributed by atoms with van der Waals surface area (Å²) in [4.78, 5) is 10.9. The maximum absolute atomic E-state index is 10.9. The average molecular weight is 169 g/mol. The molecule has 1 unspecified atom stereocenters. The molecule has 0 aliphatic rings. The van der Waals surface area contributed by atoms with Crippen molar-refractivity contribution < 1.29 is 4.79 Å². The number of allylic oxidation sites excluding steroid dienone is 2. The number of nitrogens with one attached hydrogen (secondary N) is 1. The van der Waals surface area contributed by atoms with Crippen LogP contribution >= 0.6 is 0 Å². The number of carbonyl (C=O) groups is 1. The summed E-state index contributed by atoms with van der Waals surface area (Å²) in [6, 6.07) is 0. The lowest BCUT2D eigenvalue weighted by atomic mass is 9.97. The number of hydrogen-bond donors (Lipinski definition) is 1. The number of amides is 1. The highest BCUT2D eigenvalue weighted by molar-refractivity contribution is 5.75. The molecular weight excluding hydrogens is 150 g/mol. The predicted molar refractivity (Wildman–Crippen MR) is 51.9 cm³/mol. The minimum Gasteiger partial charge on any atom is -0.359 e. The highest BCUT2D eigenvalue weighted by atomic mass is 16.1. The van der Waals surface area contributed by atoms with Crippen molar-refractivity contribution in [3.63, 3.8) is 0 Å². The number of hydrogen-bond acceptors (Lipinski definition) is 1. The molecule has 0 saturated heterocycles. The number of carbonyl (C=O) groups excluding carboxylic acids is 1. The molecule has 0 aliphatic carbocycles. The summed E-state index contributed by atoms with van der Waals surface area (Å²) in [6.45, 7) is 6.29. The Morgan fingerprint density at radius 2 is 2.17 bits per heavy atom. The zero-order valence-electron chi connectivity index (χ0n) is 8.48. The first-order chi connectivity index (χ1) is 5.61. The van der Waals surface area contributed by atoms with Gasteiger partial charge in [0, 0.05) is 13.5 Å². The predicted octanol–water partition coefficient (Wildman–Crippen LogP) is 2.11. The Hall–Kier alpha value is -0.790. The lowest BCUT2D eigenvalue weighted by molar-refractivity contribution is -0.120. The van der Waals surface area contributed by atoms with Gasteiger partial charge < -0.3 is 5.32 Å². The first-order valence-electron chi connectivity index (χ1n) is 4.45. The van der Waals surface area contributed by atoms with Crippen LogP contribution in [-0.2, 0) is 4.79 Å².